The molecule has 0 atom stereocenters. The number of rotatable bonds is 2. The fraction of sp³-hybridized carbons (Fsp3) is 0.333. The van der Waals surface area contributed by atoms with E-state index in [1.165, 1.54) is 0 Å². The fourth-order valence-electron chi connectivity index (χ4n) is 1.15. The number of nitrogens with two attached hydrogens (primary N) is 1. The van der Waals surface area contributed by atoms with Crippen LogP contribution in [0.4, 0.5) is 11.4 Å². The SMILES string of the molecule is CC(C)(C)C(=O)Nc1ccc(NC(N)=S)cc1Cl. The van der Waals surface area contributed by atoms with E-state index in [1.54, 1.807) is 18.2 Å². The Morgan fingerprint density at radius 2 is 1.94 bits per heavy atom. The summed E-state index contributed by atoms with van der Waals surface area (Å²) in [7, 11) is 0. The number of amides is 1. The Balaban J connectivity index is 2.86. The molecule has 18 heavy (non-hydrogen) atoms. The van der Waals surface area contributed by atoms with Crippen LogP contribution in [0.15, 0.2) is 18.2 Å². The highest BCUT2D eigenvalue weighted by atomic mass is 35.5. The molecule has 0 aliphatic carbocycles. The second-order valence-electron chi connectivity index (χ2n) is 4.89. The number of nitrogens with one attached hydrogen (secondary N) is 2. The molecule has 0 aliphatic heterocycles. The first-order chi connectivity index (χ1) is 8.20. The second-order valence-corrected chi connectivity index (χ2v) is 5.74. The first kappa shape index (κ1) is 14.7. The van der Waals surface area contributed by atoms with E-state index in [-0.39, 0.29) is 11.0 Å². The van der Waals surface area contributed by atoms with E-state index in [4.69, 9.17) is 29.6 Å². The van der Waals surface area contributed by atoms with Gasteiger partial charge in [0, 0.05) is 11.1 Å². The summed E-state index contributed by atoms with van der Waals surface area (Å²) in [6.45, 7) is 5.50. The number of anilines is 2. The molecule has 0 heterocycles. The molecular formula is C12H16ClN3OS. The molecule has 0 spiro atoms. The molecule has 1 aromatic carbocycles. The van der Waals surface area contributed by atoms with Gasteiger partial charge in [0.05, 0.1) is 10.7 Å². The summed E-state index contributed by atoms with van der Waals surface area (Å²) >= 11 is 10.8. The van der Waals surface area contributed by atoms with Gasteiger partial charge in [0.15, 0.2) is 5.11 Å². The molecule has 4 N–H and O–H groups in total. The Morgan fingerprint density at radius 3 is 2.39 bits per heavy atom. The number of benzene rings is 1. The molecule has 0 saturated carbocycles. The number of thiocarbonyl (C=S) groups is 1. The monoisotopic (exact) mass is 285 g/mol. The number of halogens is 1. The Labute approximate surface area is 117 Å². The summed E-state index contributed by atoms with van der Waals surface area (Å²) in [5.41, 5.74) is 6.13. The average Bonchev–Trinajstić information content (AvgIpc) is 2.19. The van der Waals surface area contributed by atoms with Crippen LogP contribution in [0.3, 0.4) is 0 Å². The van der Waals surface area contributed by atoms with E-state index >= 15 is 0 Å². The summed E-state index contributed by atoms with van der Waals surface area (Å²) in [5.74, 6) is -0.0977. The first-order valence-electron chi connectivity index (χ1n) is 5.37. The van der Waals surface area contributed by atoms with Crippen LogP contribution in [0.5, 0.6) is 0 Å². The minimum absolute atomic E-state index is 0.0977. The highest BCUT2D eigenvalue weighted by Crippen LogP contribution is 2.27. The standard InChI is InChI=1S/C12H16ClN3OS/c1-12(2,3)10(17)16-9-5-4-7(6-8(9)13)15-11(14)18/h4-6H,1-3H3,(H,16,17)(H3,14,15,18). The quantitative estimate of drug-likeness (QED) is 0.731. The molecule has 0 saturated heterocycles. The summed E-state index contributed by atoms with van der Waals surface area (Å²) in [5, 5.41) is 6.13. The third-order valence-electron chi connectivity index (χ3n) is 2.17. The molecule has 0 unspecified atom stereocenters. The van der Waals surface area contributed by atoms with Crippen molar-refractivity contribution < 1.29 is 4.79 Å². The van der Waals surface area contributed by atoms with Gasteiger partial charge in [-0.2, -0.15) is 0 Å². The molecule has 1 aromatic rings. The topological polar surface area (TPSA) is 67.2 Å². The van der Waals surface area contributed by atoms with Crippen molar-refractivity contribution in [2.45, 2.75) is 20.8 Å². The maximum atomic E-state index is 11.8. The van der Waals surface area contributed by atoms with Gasteiger partial charge < -0.3 is 16.4 Å². The van der Waals surface area contributed by atoms with Gasteiger partial charge in [-0.1, -0.05) is 32.4 Å². The summed E-state index contributed by atoms with van der Waals surface area (Å²) in [6, 6.07) is 5.09. The van der Waals surface area contributed by atoms with Gasteiger partial charge in [-0.25, -0.2) is 0 Å². The second kappa shape index (κ2) is 5.54. The van der Waals surface area contributed by atoms with Crippen molar-refractivity contribution in [1.29, 1.82) is 0 Å². The van der Waals surface area contributed by atoms with Crippen molar-refractivity contribution in [3.05, 3.63) is 23.2 Å². The van der Waals surface area contributed by atoms with Gasteiger partial charge in [0.1, 0.15) is 0 Å². The molecular weight excluding hydrogens is 270 g/mol. The Morgan fingerprint density at radius 1 is 1.33 bits per heavy atom. The molecule has 0 bridgehead atoms. The maximum absolute atomic E-state index is 11.8. The van der Waals surface area contributed by atoms with Crippen LogP contribution >= 0.6 is 23.8 Å². The van der Waals surface area contributed by atoms with Gasteiger partial charge in [0.25, 0.3) is 0 Å². The van der Waals surface area contributed by atoms with Gasteiger partial charge in [-0.15, -0.1) is 0 Å². The Bertz CT molecular complexity index is 483. The van der Waals surface area contributed by atoms with Crippen LogP contribution in [0.25, 0.3) is 0 Å². The average molecular weight is 286 g/mol. The maximum Gasteiger partial charge on any atom is 0.229 e. The lowest BCUT2D eigenvalue weighted by atomic mass is 9.95. The van der Waals surface area contributed by atoms with E-state index in [0.717, 1.165) is 0 Å². The lowest BCUT2D eigenvalue weighted by Gasteiger charge is -2.18. The first-order valence-corrected chi connectivity index (χ1v) is 6.16. The Kier molecular flexibility index (Phi) is 4.53. The third-order valence-corrected chi connectivity index (χ3v) is 2.58. The van der Waals surface area contributed by atoms with Crippen LogP contribution in [-0.4, -0.2) is 11.0 Å². The van der Waals surface area contributed by atoms with E-state index in [0.29, 0.717) is 16.4 Å². The van der Waals surface area contributed by atoms with Gasteiger partial charge >= 0.3 is 0 Å². The van der Waals surface area contributed by atoms with Gasteiger partial charge in [0.2, 0.25) is 5.91 Å². The number of hydrogen-bond donors (Lipinski definition) is 3. The molecule has 1 rings (SSSR count). The molecule has 0 aliphatic rings. The van der Waals surface area contributed by atoms with Crippen molar-refractivity contribution in [1.82, 2.24) is 0 Å². The molecule has 6 heteroatoms. The van der Waals surface area contributed by atoms with Crippen LogP contribution in [0.2, 0.25) is 5.02 Å². The number of carbonyl (C=O) groups is 1. The van der Waals surface area contributed by atoms with Crippen LogP contribution < -0.4 is 16.4 Å². The van der Waals surface area contributed by atoms with E-state index < -0.39 is 5.41 Å². The van der Waals surface area contributed by atoms with E-state index in [9.17, 15) is 4.79 Å². The Hall–Kier alpha value is -1.33. The molecule has 1 amide bonds. The lowest BCUT2D eigenvalue weighted by Crippen LogP contribution is -2.27. The molecule has 0 aromatic heterocycles. The normalized spacial score (nSPS) is 10.9. The predicted molar refractivity (Wildman–Crippen MR) is 79.9 cm³/mol. The fourth-order valence-corrected chi connectivity index (χ4v) is 1.49. The summed E-state index contributed by atoms with van der Waals surface area (Å²) in [6.07, 6.45) is 0. The number of hydrogen-bond acceptors (Lipinski definition) is 2. The molecule has 0 fully saturated rings. The zero-order chi connectivity index (χ0) is 13.9. The number of carbonyl (C=O) groups excluding carboxylic acids is 1. The van der Waals surface area contributed by atoms with Gasteiger partial charge in [-0.05, 0) is 30.4 Å². The molecule has 98 valence electrons. The van der Waals surface area contributed by atoms with Crippen LogP contribution in [0, 0.1) is 5.41 Å². The largest absolute Gasteiger partial charge is 0.376 e. The van der Waals surface area contributed by atoms with Crippen LogP contribution in [-0.2, 0) is 4.79 Å². The minimum atomic E-state index is -0.473. The minimum Gasteiger partial charge on any atom is -0.376 e. The van der Waals surface area contributed by atoms with E-state index in [1.807, 2.05) is 20.8 Å². The third kappa shape index (κ3) is 4.16. The zero-order valence-corrected chi connectivity index (χ0v) is 12.1. The van der Waals surface area contributed by atoms with Crippen molar-refractivity contribution in [2.75, 3.05) is 10.6 Å². The summed E-state index contributed by atoms with van der Waals surface area (Å²) < 4.78 is 0. The lowest BCUT2D eigenvalue weighted by molar-refractivity contribution is -0.123. The van der Waals surface area contributed by atoms with Crippen molar-refractivity contribution in [3.8, 4) is 0 Å². The van der Waals surface area contributed by atoms with Crippen LogP contribution in [0.1, 0.15) is 20.8 Å². The highest BCUT2D eigenvalue weighted by Gasteiger charge is 2.21. The van der Waals surface area contributed by atoms with E-state index in [2.05, 4.69) is 10.6 Å². The smallest absolute Gasteiger partial charge is 0.229 e. The van der Waals surface area contributed by atoms with Gasteiger partial charge in [-0.3, -0.25) is 4.79 Å². The van der Waals surface area contributed by atoms with Crippen molar-refractivity contribution >= 4 is 46.2 Å². The zero-order valence-electron chi connectivity index (χ0n) is 10.5. The molecule has 0 radical (unpaired) electrons. The highest BCUT2D eigenvalue weighted by molar-refractivity contribution is 7.80. The predicted octanol–water partition coefficient (Wildman–Crippen LogP) is 2.98. The molecule has 4 nitrogen and oxygen atoms in total. The van der Waals surface area contributed by atoms with Crippen molar-refractivity contribution in [2.24, 2.45) is 11.1 Å². The summed E-state index contributed by atoms with van der Waals surface area (Å²) in [4.78, 5) is 11.8. The van der Waals surface area contributed by atoms with Crippen molar-refractivity contribution in [3.63, 3.8) is 0 Å².